The SMILES string of the molecule is CN(C)c1ncc(-c2ccc(C(N)=O)cc2)c(C2CCN(Cc3ccccc3Cl)C2)n1. The molecule has 6 nitrogen and oxygen atoms in total. The van der Waals surface area contributed by atoms with Crippen LogP contribution in [0.5, 0.6) is 0 Å². The Bertz CT molecular complexity index is 1080. The van der Waals surface area contributed by atoms with Crippen molar-refractivity contribution in [3.05, 3.63) is 76.6 Å². The van der Waals surface area contributed by atoms with E-state index < -0.39 is 5.91 Å². The molecule has 1 amide bonds. The summed E-state index contributed by atoms with van der Waals surface area (Å²) in [5.41, 5.74) is 10.0. The molecule has 0 aliphatic carbocycles. The van der Waals surface area contributed by atoms with Crippen LogP contribution >= 0.6 is 11.6 Å². The van der Waals surface area contributed by atoms with E-state index in [1.54, 1.807) is 12.1 Å². The second-order valence-corrected chi connectivity index (χ2v) is 8.52. The lowest BCUT2D eigenvalue weighted by Gasteiger charge is -2.20. The molecule has 2 heterocycles. The van der Waals surface area contributed by atoms with Crippen LogP contribution in [-0.2, 0) is 6.54 Å². The zero-order valence-electron chi connectivity index (χ0n) is 17.8. The smallest absolute Gasteiger partial charge is 0.248 e. The number of amides is 1. The van der Waals surface area contributed by atoms with Crippen LogP contribution in [0.3, 0.4) is 0 Å². The molecule has 0 bridgehead atoms. The maximum atomic E-state index is 11.4. The first-order valence-electron chi connectivity index (χ1n) is 10.3. The second kappa shape index (κ2) is 9.04. The number of carbonyl (C=O) groups is 1. The first-order valence-corrected chi connectivity index (χ1v) is 10.7. The quantitative estimate of drug-likeness (QED) is 0.634. The Labute approximate surface area is 187 Å². The van der Waals surface area contributed by atoms with Gasteiger partial charge >= 0.3 is 0 Å². The Morgan fingerprint density at radius 3 is 2.61 bits per heavy atom. The van der Waals surface area contributed by atoms with Crippen molar-refractivity contribution >= 4 is 23.5 Å². The average Bonchev–Trinajstić information content (AvgIpc) is 3.23. The molecule has 1 unspecified atom stereocenters. The van der Waals surface area contributed by atoms with E-state index in [9.17, 15) is 4.79 Å². The minimum absolute atomic E-state index is 0.287. The molecule has 1 aromatic heterocycles. The Hall–Kier alpha value is -2.96. The van der Waals surface area contributed by atoms with E-state index in [0.717, 1.165) is 53.5 Å². The van der Waals surface area contributed by atoms with Crippen molar-refractivity contribution in [1.82, 2.24) is 14.9 Å². The van der Waals surface area contributed by atoms with Gasteiger partial charge in [0.25, 0.3) is 0 Å². The maximum absolute atomic E-state index is 11.4. The molecule has 160 valence electrons. The molecule has 1 aliphatic heterocycles. The van der Waals surface area contributed by atoms with Gasteiger partial charge in [0.2, 0.25) is 11.9 Å². The number of nitrogens with two attached hydrogens (primary N) is 1. The summed E-state index contributed by atoms with van der Waals surface area (Å²) in [5, 5.41) is 0.804. The molecule has 1 atom stereocenters. The van der Waals surface area contributed by atoms with E-state index >= 15 is 0 Å². The first-order chi connectivity index (χ1) is 14.9. The molecule has 0 spiro atoms. The topological polar surface area (TPSA) is 75.4 Å². The van der Waals surface area contributed by atoms with Crippen molar-refractivity contribution in [2.45, 2.75) is 18.9 Å². The Kier molecular flexibility index (Phi) is 6.20. The highest BCUT2D eigenvalue weighted by Gasteiger charge is 2.28. The van der Waals surface area contributed by atoms with Gasteiger partial charge in [0.05, 0.1) is 5.69 Å². The van der Waals surface area contributed by atoms with Gasteiger partial charge in [-0.3, -0.25) is 9.69 Å². The molecule has 0 radical (unpaired) electrons. The van der Waals surface area contributed by atoms with Crippen molar-refractivity contribution in [2.75, 3.05) is 32.1 Å². The summed E-state index contributed by atoms with van der Waals surface area (Å²) in [7, 11) is 3.89. The lowest BCUT2D eigenvalue weighted by Crippen LogP contribution is -2.21. The van der Waals surface area contributed by atoms with Crippen LogP contribution in [-0.4, -0.2) is 48.0 Å². The molecule has 1 fully saturated rings. The molecule has 1 saturated heterocycles. The summed E-state index contributed by atoms with van der Waals surface area (Å²) in [6, 6.07) is 15.3. The summed E-state index contributed by atoms with van der Waals surface area (Å²) < 4.78 is 0. The third-order valence-electron chi connectivity index (χ3n) is 5.70. The fourth-order valence-corrected chi connectivity index (χ4v) is 4.21. The minimum atomic E-state index is -0.433. The summed E-state index contributed by atoms with van der Waals surface area (Å²) in [6.07, 6.45) is 2.90. The molecular weight excluding hydrogens is 410 g/mol. The monoisotopic (exact) mass is 435 g/mol. The molecule has 7 heteroatoms. The van der Waals surface area contributed by atoms with E-state index in [-0.39, 0.29) is 5.92 Å². The van der Waals surface area contributed by atoms with Gasteiger partial charge in [-0.2, -0.15) is 0 Å². The van der Waals surface area contributed by atoms with Gasteiger partial charge in [-0.1, -0.05) is 41.9 Å². The number of hydrogen-bond acceptors (Lipinski definition) is 5. The molecule has 0 saturated carbocycles. The van der Waals surface area contributed by atoms with Gasteiger partial charge in [0.15, 0.2) is 0 Å². The van der Waals surface area contributed by atoms with Gasteiger partial charge in [-0.05, 0) is 42.3 Å². The molecule has 2 aromatic carbocycles. The van der Waals surface area contributed by atoms with Crippen molar-refractivity contribution in [3.63, 3.8) is 0 Å². The number of nitrogens with zero attached hydrogens (tertiary/aromatic N) is 4. The number of anilines is 1. The number of primary amides is 1. The summed E-state index contributed by atoms with van der Waals surface area (Å²) in [6.45, 7) is 2.71. The van der Waals surface area contributed by atoms with Crippen molar-refractivity contribution < 1.29 is 4.79 Å². The maximum Gasteiger partial charge on any atom is 0.248 e. The minimum Gasteiger partial charge on any atom is -0.366 e. The van der Waals surface area contributed by atoms with E-state index in [1.807, 2.05) is 55.5 Å². The zero-order valence-corrected chi connectivity index (χ0v) is 18.5. The first kappa shape index (κ1) is 21.3. The second-order valence-electron chi connectivity index (χ2n) is 8.12. The van der Waals surface area contributed by atoms with Gasteiger partial charge in [-0.25, -0.2) is 9.97 Å². The van der Waals surface area contributed by atoms with E-state index in [4.69, 9.17) is 22.3 Å². The highest BCUT2D eigenvalue weighted by Crippen LogP contribution is 2.35. The molecular formula is C24H26ClN5O. The molecule has 31 heavy (non-hydrogen) atoms. The Balaban J connectivity index is 1.62. The number of aromatic nitrogens is 2. The largest absolute Gasteiger partial charge is 0.366 e. The van der Waals surface area contributed by atoms with E-state index in [2.05, 4.69) is 16.0 Å². The number of benzene rings is 2. The molecule has 1 aliphatic rings. The normalized spacial score (nSPS) is 16.4. The highest BCUT2D eigenvalue weighted by molar-refractivity contribution is 6.31. The predicted octanol–water partition coefficient (Wildman–Crippen LogP) is 3.95. The number of halogens is 1. The van der Waals surface area contributed by atoms with Crippen LogP contribution in [0.2, 0.25) is 5.02 Å². The third kappa shape index (κ3) is 4.70. The Morgan fingerprint density at radius 1 is 1.19 bits per heavy atom. The summed E-state index contributed by atoms with van der Waals surface area (Å²) >= 11 is 6.37. The number of rotatable bonds is 6. The average molecular weight is 436 g/mol. The summed E-state index contributed by atoms with van der Waals surface area (Å²) in [5.74, 6) is 0.545. The third-order valence-corrected chi connectivity index (χ3v) is 6.07. The van der Waals surface area contributed by atoms with E-state index in [1.165, 1.54) is 0 Å². The van der Waals surface area contributed by atoms with Crippen LogP contribution in [0, 0.1) is 0 Å². The molecule has 4 rings (SSSR count). The van der Waals surface area contributed by atoms with Crippen molar-refractivity contribution in [2.24, 2.45) is 5.73 Å². The standard InChI is InChI=1S/C24H26ClN5O/c1-29(2)24-27-13-20(16-7-9-17(10-8-16)23(26)31)22(28-24)19-11-12-30(15-19)14-18-5-3-4-6-21(18)25/h3-10,13,19H,11-12,14-15H2,1-2H3,(H2,26,31). The van der Waals surface area contributed by atoms with Crippen LogP contribution in [0.25, 0.3) is 11.1 Å². The summed E-state index contributed by atoms with van der Waals surface area (Å²) in [4.78, 5) is 25.2. The Morgan fingerprint density at radius 2 is 1.94 bits per heavy atom. The number of carbonyl (C=O) groups excluding carboxylic acids is 1. The predicted molar refractivity (Wildman–Crippen MR) is 124 cm³/mol. The van der Waals surface area contributed by atoms with Gasteiger partial charge in [0, 0.05) is 55.4 Å². The lowest BCUT2D eigenvalue weighted by atomic mass is 9.95. The van der Waals surface area contributed by atoms with Gasteiger partial charge in [0.1, 0.15) is 0 Å². The number of hydrogen-bond donors (Lipinski definition) is 1. The van der Waals surface area contributed by atoms with Crippen LogP contribution in [0.15, 0.2) is 54.7 Å². The van der Waals surface area contributed by atoms with E-state index in [0.29, 0.717) is 11.5 Å². The fraction of sp³-hybridized carbons (Fsp3) is 0.292. The van der Waals surface area contributed by atoms with Crippen LogP contribution < -0.4 is 10.6 Å². The van der Waals surface area contributed by atoms with Crippen molar-refractivity contribution in [1.29, 1.82) is 0 Å². The van der Waals surface area contributed by atoms with Crippen LogP contribution in [0.4, 0.5) is 5.95 Å². The van der Waals surface area contributed by atoms with Crippen LogP contribution in [0.1, 0.15) is 34.0 Å². The highest BCUT2D eigenvalue weighted by atomic mass is 35.5. The van der Waals surface area contributed by atoms with Gasteiger partial charge < -0.3 is 10.6 Å². The molecule has 2 N–H and O–H groups in total. The molecule has 3 aromatic rings. The fourth-order valence-electron chi connectivity index (χ4n) is 4.02. The number of likely N-dealkylation sites (tertiary alicyclic amines) is 1. The van der Waals surface area contributed by atoms with Gasteiger partial charge in [-0.15, -0.1) is 0 Å². The zero-order chi connectivity index (χ0) is 22.0. The lowest BCUT2D eigenvalue weighted by molar-refractivity contribution is 0.100. The van der Waals surface area contributed by atoms with Crippen molar-refractivity contribution in [3.8, 4) is 11.1 Å².